The molecule has 26 heavy (non-hydrogen) atoms. The summed E-state index contributed by atoms with van der Waals surface area (Å²) in [7, 11) is 5.10. The van der Waals surface area contributed by atoms with Crippen molar-refractivity contribution in [2.45, 2.75) is 46.7 Å². The molecule has 0 unspecified atom stereocenters. The van der Waals surface area contributed by atoms with Crippen LogP contribution in [0.15, 0.2) is 17.1 Å². The monoisotopic (exact) mass is 363 g/mol. The van der Waals surface area contributed by atoms with Crippen LogP contribution in [0.5, 0.6) is 17.2 Å². The third-order valence-corrected chi connectivity index (χ3v) is 5.61. The summed E-state index contributed by atoms with van der Waals surface area (Å²) in [5, 5.41) is 3.46. The lowest BCUT2D eigenvalue weighted by molar-refractivity contribution is -0.0667. The number of aliphatic imine (C=N–C) groups is 1. The summed E-state index contributed by atoms with van der Waals surface area (Å²) >= 11 is 0. The van der Waals surface area contributed by atoms with Gasteiger partial charge in [0.2, 0.25) is 5.75 Å². The van der Waals surface area contributed by atoms with Gasteiger partial charge in [0.1, 0.15) is 0 Å². The van der Waals surface area contributed by atoms with Crippen molar-refractivity contribution in [3.8, 4) is 17.2 Å². The van der Waals surface area contributed by atoms with E-state index in [1.54, 1.807) is 14.2 Å². The van der Waals surface area contributed by atoms with E-state index in [0.717, 1.165) is 18.1 Å². The van der Waals surface area contributed by atoms with E-state index >= 15 is 0 Å². The Morgan fingerprint density at radius 2 is 1.73 bits per heavy atom. The van der Waals surface area contributed by atoms with Gasteiger partial charge in [-0.25, -0.2) is 0 Å². The molecule has 1 fully saturated rings. The standard InChI is InChI=1S/C20H33N3O3/c1-9-26-17-15(24-7)10-14(11-16(17)25-8)12-22-18(21-6)23-13-19(2,3)20(23,4)5/h10-11H,9,12-13H2,1-8H3,(H,21,22). The molecule has 1 N–H and O–H groups in total. The molecule has 0 aromatic heterocycles. The number of hydrogen-bond donors (Lipinski definition) is 1. The highest BCUT2D eigenvalue weighted by Gasteiger charge is 2.53. The minimum atomic E-state index is 0.0586. The molecule has 6 heteroatoms. The molecular weight excluding hydrogens is 330 g/mol. The molecule has 146 valence electrons. The van der Waals surface area contributed by atoms with Gasteiger partial charge < -0.3 is 24.4 Å². The van der Waals surface area contributed by atoms with Crippen molar-refractivity contribution >= 4 is 5.96 Å². The highest BCUT2D eigenvalue weighted by Crippen LogP contribution is 2.46. The van der Waals surface area contributed by atoms with Gasteiger partial charge in [-0.3, -0.25) is 4.99 Å². The molecule has 0 saturated carbocycles. The Morgan fingerprint density at radius 3 is 2.12 bits per heavy atom. The van der Waals surface area contributed by atoms with Gasteiger partial charge in [-0.1, -0.05) is 13.8 Å². The second kappa shape index (κ2) is 7.64. The number of ether oxygens (including phenoxy) is 3. The summed E-state index contributed by atoms with van der Waals surface area (Å²) in [4.78, 5) is 6.78. The third-order valence-electron chi connectivity index (χ3n) is 5.61. The van der Waals surface area contributed by atoms with Gasteiger partial charge in [-0.2, -0.15) is 0 Å². The maximum absolute atomic E-state index is 5.66. The van der Waals surface area contributed by atoms with Crippen molar-refractivity contribution in [2.75, 3.05) is 34.4 Å². The molecule has 1 saturated heterocycles. The second-order valence-corrected chi connectivity index (χ2v) is 7.69. The number of methoxy groups -OCH3 is 2. The average Bonchev–Trinajstić information content (AvgIpc) is 2.61. The van der Waals surface area contributed by atoms with Crippen molar-refractivity contribution in [3.63, 3.8) is 0 Å². The smallest absolute Gasteiger partial charge is 0.203 e. The molecule has 1 heterocycles. The molecule has 0 aliphatic carbocycles. The van der Waals surface area contributed by atoms with Crippen LogP contribution < -0.4 is 19.5 Å². The van der Waals surface area contributed by atoms with Gasteiger partial charge in [0.05, 0.1) is 20.8 Å². The van der Waals surface area contributed by atoms with Crippen LogP contribution in [-0.2, 0) is 6.54 Å². The van der Waals surface area contributed by atoms with E-state index in [9.17, 15) is 0 Å². The molecule has 1 aliphatic rings. The van der Waals surface area contributed by atoms with Crippen LogP contribution in [0.4, 0.5) is 0 Å². The topological polar surface area (TPSA) is 55.3 Å². The van der Waals surface area contributed by atoms with Crippen LogP contribution in [0.1, 0.15) is 40.2 Å². The van der Waals surface area contributed by atoms with Crippen LogP contribution in [0.2, 0.25) is 0 Å². The number of hydrogen-bond acceptors (Lipinski definition) is 4. The van der Waals surface area contributed by atoms with Gasteiger partial charge >= 0.3 is 0 Å². The molecule has 0 bridgehead atoms. The first-order valence-electron chi connectivity index (χ1n) is 9.07. The van der Waals surface area contributed by atoms with Gasteiger partial charge in [0, 0.05) is 31.1 Å². The Morgan fingerprint density at radius 1 is 1.15 bits per heavy atom. The fourth-order valence-electron chi connectivity index (χ4n) is 3.20. The second-order valence-electron chi connectivity index (χ2n) is 7.69. The molecule has 1 aromatic carbocycles. The van der Waals surface area contributed by atoms with E-state index in [1.807, 2.05) is 26.1 Å². The molecule has 6 nitrogen and oxygen atoms in total. The zero-order chi connectivity index (χ0) is 19.5. The minimum Gasteiger partial charge on any atom is -0.493 e. The number of nitrogens with zero attached hydrogens (tertiary/aromatic N) is 2. The maximum Gasteiger partial charge on any atom is 0.203 e. The summed E-state index contributed by atoms with van der Waals surface area (Å²) < 4.78 is 16.6. The first kappa shape index (κ1) is 20.2. The van der Waals surface area contributed by atoms with Crippen LogP contribution in [0.3, 0.4) is 0 Å². The molecular formula is C20H33N3O3. The quantitative estimate of drug-likeness (QED) is 0.621. The first-order chi connectivity index (χ1) is 12.2. The molecule has 1 aliphatic heterocycles. The van der Waals surface area contributed by atoms with Crippen LogP contribution in [0, 0.1) is 5.41 Å². The molecule has 0 amide bonds. The summed E-state index contributed by atoms with van der Waals surface area (Å²) in [6, 6.07) is 3.94. The number of nitrogens with one attached hydrogen (secondary N) is 1. The average molecular weight is 364 g/mol. The van der Waals surface area contributed by atoms with Crippen molar-refractivity contribution < 1.29 is 14.2 Å². The van der Waals surface area contributed by atoms with E-state index in [4.69, 9.17) is 14.2 Å². The van der Waals surface area contributed by atoms with Gasteiger partial charge in [0.25, 0.3) is 0 Å². The Balaban J connectivity index is 2.16. The predicted molar refractivity (Wildman–Crippen MR) is 105 cm³/mol. The number of likely N-dealkylation sites (tertiary alicyclic amines) is 1. The summed E-state index contributed by atoms with van der Waals surface area (Å²) in [6.45, 7) is 13.2. The molecule has 0 spiro atoms. The van der Waals surface area contributed by atoms with Crippen LogP contribution >= 0.6 is 0 Å². The highest BCUT2D eigenvalue weighted by atomic mass is 16.5. The number of guanidine groups is 1. The Kier molecular flexibility index (Phi) is 5.94. The number of rotatable bonds is 6. The third kappa shape index (κ3) is 3.55. The van der Waals surface area contributed by atoms with E-state index in [1.165, 1.54) is 0 Å². The van der Waals surface area contributed by atoms with E-state index in [0.29, 0.717) is 30.4 Å². The lowest BCUT2D eigenvalue weighted by Crippen LogP contribution is -2.72. The van der Waals surface area contributed by atoms with E-state index in [2.05, 4.69) is 42.9 Å². The van der Waals surface area contributed by atoms with Crippen molar-refractivity contribution in [1.82, 2.24) is 10.2 Å². The fourth-order valence-corrected chi connectivity index (χ4v) is 3.20. The Labute approximate surface area is 157 Å². The molecule has 0 radical (unpaired) electrons. The first-order valence-corrected chi connectivity index (χ1v) is 9.07. The highest BCUT2D eigenvalue weighted by molar-refractivity contribution is 5.82. The number of benzene rings is 1. The molecule has 1 aromatic rings. The van der Waals surface area contributed by atoms with Crippen molar-refractivity contribution in [3.05, 3.63) is 17.7 Å². The van der Waals surface area contributed by atoms with E-state index < -0.39 is 0 Å². The van der Waals surface area contributed by atoms with Gasteiger partial charge in [-0.05, 0) is 38.5 Å². The molecule has 0 atom stereocenters. The fraction of sp³-hybridized carbons (Fsp3) is 0.650. The van der Waals surface area contributed by atoms with E-state index in [-0.39, 0.29) is 11.0 Å². The zero-order valence-corrected chi connectivity index (χ0v) is 17.4. The van der Waals surface area contributed by atoms with Crippen LogP contribution in [0.25, 0.3) is 0 Å². The Hall–Kier alpha value is -2.11. The van der Waals surface area contributed by atoms with Gasteiger partial charge in [-0.15, -0.1) is 0 Å². The maximum atomic E-state index is 5.66. The predicted octanol–water partition coefficient (Wildman–Crippen LogP) is 3.30. The lowest BCUT2D eigenvalue weighted by atomic mass is 9.65. The SMILES string of the molecule is CCOc1c(OC)cc(CNC(=NC)N2CC(C)(C)C2(C)C)cc1OC. The lowest BCUT2D eigenvalue weighted by Gasteiger charge is -2.62. The summed E-state index contributed by atoms with van der Waals surface area (Å²) in [5.74, 6) is 2.88. The summed E-state index contributed by atoms with van der Waals surface area (Å²) in [5.41, 5.74) is 1.36. The van der Waals surface area contributed by atoms with Crippen LogP contribution in [-0.4, -0.2) is 50.8 Å². The van der Waals surface area contributed by atoms with Gasteiger partial charge in [0.15, 0.2) is 17.5 Å². The summed E-state index contributed by atoms with van der Waals surface area (Å²) in [6.07, 6.45) is 0. The Bertz CT molecular complexity index is 643. The van der Waals surface area contributed by atoms with Crippen molar-refractivity contribution in [1.29, 1.82) is 0 Å². The minimum absolute atomic E-state index is 0.0586. The zero-order valence-electron chi connectivity index (χ0n) is 17.4. The normalized spacial score (nSPS) is 18.2. The molecule has 2 rings (SSSR count). The largest absolute Gasteiger partial charge is 0.493 e. The van der Waals surface area contributed by atoms with Crippen molar-refractivity contribution in [2.24, 2.45) is 10.4 Å².